The molecular formula is C13H26. The quantitative estimate of drug-likeness (QED) is 0.606. The highest BCUT2D eigenvalue weighted by Gasteiger charge is 2.60. The van der Waals surface area contributed by atoms with Gasteiger partial charge in [-0.15, -0.1) is 0 Å². The lowest BCUT2D eigenvalue weighted by atomic mass is 9.86. The Morgan fingerprint density at radius 2 is 1.77 bits per heavy atom. The van der Waals surface area contributed by atoms with E-state index in [9.17, 15) is 0 Å². The fraction of sp³-hybridized carbons (Fsp3) is 1.00. The van der Waals surface area contributed by atoms with Gasteiger partial charge in [0.25, 0.3) is 0 Å². The van der Waals surface area contributed by atoms with Crippen molar-refractivity contribution in [2.45, 2.75) is 54.4 Å². The maximum atomic E-state index is 2.49. The van der Waals surface area contributed by atoms with Crippen LogP contribution in [0.25, 0.3) is 0 Å². The molecule has 0 heteroatoms. The van der Waals surface area contributed by atoms with Gasteiger partial charge >= 0.3 is 0 Å². The van der Waals surface area contributed by atoms with Crippen molar-refractivity contribution in [1.29, 1.82) is 0 Å². The van der Waals surface area contributed by atoms with Gasteiger partial charge in [-0.05, 0) is 29.1 Å². The monoisotopic (exact) mass is 182 g/mol. The van der Waals surface area contributed by atoms with Crippen LogP contribution in [-0.4, -0.2) is 0 Å². The lowest BCUT2D eigenvalue weighted by molar-refractivity contribution is 0.299. The molecule has 0 radical (unpaired) electrons. The number of rotatable bonds is 4. The minimum atomic E-state index is 0.647. The normalized spacial score (nSPS) is 40.8. The second kappa shape index (κ2) is 3.63. The summed E-state index contributed by atoms with van der Waals surface area (Å²) in [4.78, 5) is 0. The van der Waals surface area contributed by atoms with E-state index in [0.717, 1.165) is 23.7 Å². The van der Waals surface area contributed by atoms with Gasteiger partial charge in [0, 0.05) is 0 Å². The maximum Gasteiger partial charge on any atom is -0.0241 e. The summed E-state index contributed by atoms with van der Waals surface area (Å²) in [6, 6.07) is 0. The Kier molecular flexibility index (Phi) is 3.09. The number of hydrogen-bond donors (Lipinski definition) is 0. The van der Waals surface area contributed by atoms with E-state index in [4.69, 9.17) is 0 Å². The van der Waals surface area contributed by atoms with Gasteiger partial charge < -0.3 is 0 Å². The summed E-state index contributed by atoms with van der Waals surface area (Å²) < 4.78 is 0. The lowest BCUT2D eigenvalue weighted by Crippen LogP contribution is -2.12. The second-order valence-electron chi connectivity index (χ2n) is 5.60. The molecule has 1 saturated carbocycles. The van der Waals surface area contributed by atoms with Crippen molar-refractivity contribution in [1.82, 2.24) is 0 Å². The van der Waals surface area contributed by atoms with E-state index in [1.165, 1.54) is 12.8 Å². The Balaban J connectivity index is 2.56. The molecule has 0 aromatic heterocycles. The van der Waals surface area contributed by atoms with E-state index in [1.54, 1.807) is 0 Å². The summed E-state index contributed by atoms with van der Waals surface area (Å²) in [5, 5.41) is 0. The molecule has 0 spiro atoms. The zero-order valence-corrected chi connectivity index (χ0v) is 10.2. The molecule has 0 N–H and O–H groups in total. The molecule has 0 heterocycles. The molecule has 4 atom stereocenters. The Bertz CT molecular complexity index is 171. The van der Waals surface area contributed by atoms with E-state index < -0.39 is 0 Å². The minimum absolute atomic E-state index is 0.647. The van der Waals surface area contributed by atoms with Crippen molar-refractivity contribution in [3.05, 3.63) is 0 Å². The van der Waals surface area contributed by atoms with Crippen LogP contribution in [0.15, 0.2) is 0 Å². The predicted molar refractivity (Wildman–Crippen MR) is 59.7 cm³/mol. The molecule has 0 amide bonds. The first-order valence-corrected chi connectivity index (χ1v) is 5.96. The first kappa shape index (κ1) is 11.1. The molecule has 0 bridgehead atoms. The van der Waals surface area contributed by atoms with Crippen LogP contribution in [0.4, 0.5) is 0 Å². The Morgan fingerprint density at radius 1 is 1.23 bits per heavy atom. The molecule has 0 aromatic carbocycles. The molecule has 4 unspecified atom stereocenters. The van der Waals surface area contributed by atoms with Crippen molar-refractivity contribution >= 4 is 0 Å². The largest absolute Gasteiger partial charge is 0.0654 e. The SMILES string of the molecule is CCCC(C)C1C(C)C1(C)C(C)C. The molecule has 0 aromatic rings. The number of hydrogen-bond acceptors (Lipinski definition) is 0. The van der Waals surface area contributed by atoms with Crippen LogP contribution in [-0.2, 0) is 0 Å². The van der Waals surface area contributed by atoms with Crippen LogP contribution in [0.1, 0.15) is 54.4 Å². The van der Waals surface area contributed by atoms with Gasteiger partial charge in [0.15, 0.2) is 0 Å². The highest BCUT2D eigenvalue weighted by Crippen LogP contribution is 2.66. The predicted octanol–water partition coefficient (Wildman–Crippen LogP) is 4.35. The summed E-state index contributed by atoms with van der Waals surface area (Å²) in [5.74, 6) is 3.74. The van der Waals surface area contributed by atoms with Gasteiger partial charge in [0.1, 0.15) is 0 Å². The fourth-order valence-electron chi connectivity index (χ4n) is 3.45. The molecule has 1 rings (SSSR count). The summed E-state index contributed by atoms with van der Waals surface area (Å²) in [6.45, 7) is 14.4. The van der Waals surface area contributed by atoms with Crippen LogP contribution in [0, 0.1) is 29.1 Å². The standard InChI is InChI=1S/C13H26/c1-7-8-10(4)12-11(5)13(12,6)9(2)3/h9-12H,7-8H2,1-6H3. The first-order chi connectivity index (χ1) is 5.96. The smallest absolute Gasteiger partial charge is 0.0241 e. The molecule has 78 valence electrons. The average Bonchev–Trinajstić information content (AvgIpc) is 2.57. The Labute approximate surface area is 84.1 Å². The third-order valence-electron chi connectivity index (χ3n) is 4.73. The van der Waals surface area contributed by atoms with Crippen LogP contribution >= 0.6 is 0 Å². The Hall–Kier alpha value is 0. The molecule has 0 nitrogen and oxygen atoms in total. The minimum Gasteiger partial charge on any atom is -0.0654 e. The zero-order valence-electron chi connectivity index (χ0n) is 10.2. The topological polar surface area (TPSA) is 0 Å². The van der Waals surface area contributed by atoms with Crippen LogP contribution in [0.3, 0.4) is 0 Å². The highest BCUT2D eigenvalue weighted by molar-refractivity contribution is 5.08. The summed E-state index contributed by atoms with van der Waals surface area (Å²) in [6.07, 6.45) is 2.76. The molecule has 1 fully saturated rings. The van der Waals surface area contributed by atoms with Crippen LogP contribution < -0.4 is 0 Å². The van der Waals surface area contributed by atoms with Crippen LogP contribution in [0.5, 0.6) is 0 Å². The Morgan fingerprint density at radius 3 is 2.08 bits per heavy atom. The molecular weight excluding hydrogens is 156 g/mol. The highest BCUT2D eigenvalue weighted by atomic mass is 14.6. The van der Waals surface area contributed by atoms with E-state index in [-0.39, 0.29) is 0 Å². The third kappa shape index (κ3) is 1.65. The van der Waals surface area contributed by atoms with Gasteiger partial charge in [-0.2, -0.15) is 0 Å². The average molecular weight is 182 g/mol. The van der Waals surface area contributed by atoms with Crippen molar-refractivity contribution in [2.75, 3.05) is 0 Å². The molecule has 0 aliphatic heterocycles. The van der Waals surface area contributed by atoms with E-state index in [1.807, 2.05) is 0 Å². The first-order valence-electron chi connectivity index (χ1n) is 5.96. The lowest BCUT2D eigenvalue weighted by Gasteiger charge is -2.19. The van der Waals surface area contributed by atoms with Gasteiger partial charge in [0.05, 0.1) is 0 Å². The van der Waals surface area contributed by atoms with Crippen molar-refractivity contribution in [3.63, 3.8) is 0 Å². The molecule has 1 aliphatic carbocycles. The van der Waals surface area contributed by atoms with Crippen LogP contribution in [0.2, 0.25) is 0 Å². The second-order valence-corrected chi connectivity index (χ2v) is 5.60. The van der Waals surface area contributed by atoms with E-state index in [2.05, 4.69) is 41.5 Å². The van der Waals surface area contributed by atoms with Crippen molar-refractivity contribution in [3.8, 4) is 0 Å². The molecule has 0 saturated heterocycles. The van der Waals surface area contributed by atoms with Gasteiger partial charge in [-0.3, -0.25) is 0 Å². The zero-order chi connectivity index (χ0) is 10.2. The van der Waals surface area contributed by atoms with Gasteiger partial charge in [0.2, 0.25) is 0 Å². The van der Waals surface area contributed by atoms with Crippen molar-refractivity contribution in [2.24, 2.45) is 29.1 Å². The van der Waals surface area contributed by atoms with Crippen molar-refractivity contribution < 1.29 is 0 Å². The van der Waals surface area contributed by atoms with Gasteiger partial charge in [-0.25, -0.2) is 0 Å². The fourth-order valence-corrected chi connectivity index (χ4v) is 3.45. The third-order valence-corrected chi connectivity index (χ3v) is 4.73. The summed E-state index contributed by atoms with van der Waals surface area (Å²) in [7, 11) is 0. The maximum absolute atomic E-state index is 2.49. The van der Waals surface area contributed by atoms with Gasteiger partial charge in [-0.1, -0.05) is 54.4 Å². The van der Waals surface area contributed by atoms with E-state index >= 15 is 0 Å². The molecule has 13 heavy (non-hydrogen) atoms. The summed E-state index contributed by atoms with van der Waals surface area (Å²) in [5.41, 5.74) is 0.647. The summed E-state index contributed by atoms with van der Waals surface area (Å²) >= 11 is 0. The van der Waals surface area contributed by atoms with E-state index in [0.29, 0.717) is 5.41 Å². The molecule has 1 aliphatic rings.